The summed E-state index contributed by atoms with van der Waals surface area (Å²) in [7, 11) is 3.25. The number of rotatable bonds is 14. The number of aromatic carboxylic acids is 1. The Hall–Kier alpha value is -2.80. The van der Waals surface area contributed by atoms with Crippen LogP contribution in [0.1, 0.15) is 82.1 Å². The normalized spacial score (nSPS) is 13.3. The summed E-state index contributed by atoms with van der Waals surface area (Å²) in [5.74, 6) is 0.686. The Morgan fingerprint density at radius 1 is 1.09 bits per heavy atom. The molecule has 1 aromatic heterocycles. The van der Waals surface area contributed by atoms with Gasteiger partial charge in [-0.15, -0.1) is 0 Å². The van der Waals surface area contributed by atoms with E-state index in [2.05, 4.69) is 39.6 Å². The molecule has 0 radical (unpaired) electrons. The van der Waals surface area contributed by atoms with Crippen LogP contribution >= 0.6 is 0 Å². The fourth-order valence-electron chi connectivity index (χ4n) is 4.46. The molecule has 2 atom stereocenters. The molecule has 194 valence electrons. The molecule has 2 unspecified atom stereocenters. The van der Waals surface area contributed by atoms with Crippen LogP contribution in [0.5, 0.6) is 11.5 Å². The second-order valence-corrected chi connectivity index (χ2v) is 9.82. The Morgan fingerprint density at radius 2 is 1.80 bits per heavy atom. The quantitative estimate of drug-likeness (QED) is 0.312. The summed E-state index contributed by atoms with van der Waals surface area (Å²) in [4.78, 5) is 26.9. The highest BCUT2D eigenvalue weighted by Gasteiger charge is 2.30. The Morgan fingerprint density at radius 3 is 2.34 bits per heavy atom. The summed E-state index contributed by atoms with van der Waals surface area (Å²) in [6.07, 6.45) is 4.96. The van der Waals surface area contributed by atoms with Crippen molar-refractivity contribution in [1.29, 1.82) is 0 Å². The summed E-state index contributed by atoms with van der Waals surface area (Å²) >= 11 is 0. The van der Waals surface area contributed by atoms with Gasteiger partial charge in [-0.2, -0.15) is 0 Å². The third-order valence-electron chi connectivity index (χ3n) is 7.17. The van der Waals surface area contributed by atoms with Gasteiger partial charge in [0.15, 0.2) is 16.9 Å². The average molecular weight is 488 g/mol. The molecule has 1 heterocycles. The number of hydrogen-bond acceptors (Lipinski definition) is 5. The van der Waals surface area contributed by atoms with E-state index in [0.29, 0.717) is 36.3 Å². The van der Waals surface area contributed by atoms with E-state index in [9.17, 15) is 14.7 Å². The minimum absolute atomic E-state index is 0.104. The van der Waals surface area contributed by atoms with Crippen LogP contribution in [0.4, 0.5) is 0 Å². The van der Waals surface area contributed by atoms with Crippen molar-refractivity contribution in [3.63, 3.8) is 0 Å². The predicted octanol–water partition coefficient (Wildman–Crippen LogP) is 6.12. The molecule has 0 saturated heterocycles. The third kappa shape index (κ3) is 7.10. The summed E-state index contributed by atoms with van der Waals surface area (Å²) in [5, 5.41) is 9.28. The third-order valence-corrected chi connectivity index (χ3v) is 7.17. The first-order valence-electron chi connectivity index (χ1n) is 12.4. The molecule has 0 bridgehead atoms. The van der Waals surface area contributed by atoms with E-state index >= 15 is 0 Å². The lowest BCUT2D eigenvalue weighted by Crippen LogP contribution is -2.24. The fourth-order valence-corrected chi connectivity index (χ4v) is 4.46. The first-order chi connectivity index (χ1) is 16.6. The van der Waals surface area contributed by atoms with Gasteiger partial charge in [0.1, 0.15) is 5.56 Å². The molecule has 2 aromatic rings. The van der Waals surface area contributed by atoms with E-state index in [1.54, 1.807) is 14.2 Å². The number of aromatic amines is 1. The maximum absolute atomic E-state index is 12.5. The molecule has 0 saturated carbocycles. The number of benzene rings is 1. The number of ether oxygens (including phenoxy) is 3. The number of carbonyl (C=O) groups is 1. The zero-order chi connectivity index (χ0) is 26.2. The SMILES string of the molecule is CCC(CC(C)(C)C(C)CC)c1cc(OCCCOC)c(OC)cc1-c1cc(=O)c(C(=O)O)c[nH]1. The standard InChI is InChI=1S/C28H41NO6/c1-8-18(3)28(4,5)16-19(9-2)20-13-26(35-12-10-11-33-6)25(34-7)14-21(20)23-15-24(30)22(17-29-23)27(31)32/h13-15,17-19H,8-12,16H2,1-7H3,(H,29,30)(H,31,32). The molecule has 35 heavy (non-hydrogen) atoms. The van der Waals surface area contributed by atoms with E-state index in [-0.39, 0.29) is 16.9 Å². The molecular weight excluding hydrogens is 446 g/mol. The topological polar surface area (TPSA) is 97.8 Å². The molecule has 0 aliphatic heterocycles. The monoisotopic (exact) mass is 487 g/mol. The highest BCUT2D eigenvalue weighted by molar-refractivity contribution is 5.87. The summed E-state index contributed by atoms with van der Waals surface area (Å²) in [6.45, 7) is 12.4. The average Bonchev–Trinajstić information content (AvgIpc) is 2.83. The minimum atomic E-state index is -1.25. The first kappa shape index (κ1) is 28.4. The van der Waals surface area contributed by atoms with Crippen LogP contribution < -0.4 is 14.9 Å². The summed E-state index contributed by atoms with van der Waals surface area (Å²) in [5.41, 5.74) is 1.69. The molecule has 0 spiro atoms. The van der Waals surface area contributed by atoms with Crippen LogP contribution in [0.15, 0.2) is 29.2 Å². The van der Waals surface area contributed by atoms with Gasteiger partial charge < -0.3 is 24.3 Å². The molecule has 0 fully saturated rings. The lowest BCUT2D eigenvalue weighted by Gasteiger charge is -2.35. The van der Waals surface area contributed by atoms with Crippen molar-refractivity contribution in [1.82, 2.24) is 4.98 Å². The van der Waals surface area contributed by atoms with Crippen LogP contribution in [0.3, 0.4) is 0 Å². The number of nitrogens with one attached hydrogen (secondary N) is 1. The van der Waals surface area contributed by atoms with Crippen LogP contribution in [-0.2, 0) is 4.74 Å². The predicted molar refractivity (Wildman–Crippen MR) is 139 cm³/mol. The van der Waals surface area contributed by atoms with Crippen molar-refractivity contribution < 1.29 is 24.1 Å². The Kier molecular flexibility index (Phi) is 10.4. The van der Waals surface area contributed by atoms with Crippen molar-refractivity contribution in [2.75, 3.05) is 27.4 Å². The van der Waals surface area contributed by atoms with Crippen LogP contribution in [-0.4, -0.2) is 43.5 Å². The zero-order valence-electron chi connectivity index (χ0n) is 22.2. The van der Waals surface area contributed by atoms with Gasteiger partial charge in [-0.05, 0) is 47.8 Å². The zero-order valence-corrected chi connectivity index (χ0v) is 22.2. The molecule has 2 rings (SSSR count). The number of H-pyrrole nitrogens is 1. The van der Waals surface area contributed by atoms with E-state index in [0.717, 1.165) is 36.8 Å². The minimum Gasteiger partial charge on any atom is -0.493 e. The van der Waals surface area contributed by atoms with Crippen molar-refractivity contribution >= 4 is 5.97 Å². The highest BCUT2D eigenvalue weighted by atomic mass is 16.5. The smallest absolute Gasteiger partial charge is 0.341 e. The largest absolute Gasteiger partial charge is 0.493 e. The molecule has 0 amide bonds. The van der Waals surface area contributed by atoms with Gasteiger partial charge in [-0.3, -0.25) is 4.79 Å². The number of pyridine rings is 1. The summed E-state index contributed by atoms with van der Waals surface area (Å²) in [6, 6.07) is 5.25. The Labute approximate surface area is 208 Å². The lowest BCUT2D eigenvalue weighted by atomic mass is 9.70. The highest BCUT2D eigenvalue weighted by Crippen LogP contribution is 2.45. The molecule has 1 aromatic carbocycles. The Balaban J connectivity index is 2.65. The molecule has 7 heteroatoms. The maximum atomic E-state index is 12.5. The molecule has 7 nitrogen and oxygen atoms in total. The number of carboxylic acids is 1. The van der Waals surface area contributed by atoms with Crippen molar-refractivity contribution in [2.45, 2.75) is 66.2 Å². The van der Waals surface area contributed by atoms with Gasteiger partial charge in [0.25, 0.3) is 0 Å². The maximum Gasteiger partial charge on any atom is 0.341 e. The van der Waals surface area contributed by atoms with E-state index in [1.807, 2.05) is 12.1 Å². The van der Waals surface area contributed by atoms with Crippen molar-refractivity contribution in [3.8, 4) is 22.8 Å². The Bertz CT molecular complexity index is 1040. The van der Waals surface area contributed by atoms with Gasteiger partial charge in [-0.25, -0.2) is 4.79 Å². The van der Waals surface area contributed by atoms with Crippen molar-refractivity contribution in [3.05, 3.63) is 45.7 Å². The number of methoxy groups -OCH3 is 2. The van der Waals surface area contributed by atoms with E-state index in [4.69, 9.17) is 14.2 Å². The number of carboxylic acid groups (broad SMARTS) is 1. The second-order valence-electron chi connectivity index (χ2n) is 9.82. The van der Waals surface area contributed by atoms with E-state index in [1.165, 1.54) is 12.3 Å². The number of hydrogen-bond donors (Lipinski definition) is 2. The van der Waals surface area contributed by atoms with E-state index < -0.39 is 11.4 Å². The van der Waals surface area contributed by atoms with Crippen LogP contribution in [0.25, 0.3) is 11.3 Å². The van der Waals surface area contributed by atoms with Gasteiger partial charge in [-0.1, -0.05) is 41.0 Å². The molecule has 0 aliphatic carbocycles. The van der Waals surface area contributed by atoms with Crippen molar-refractivity contribution in [2.24, 2.45) is 11.3 Å². The lowest BCUT2D eigenvalue weighted by molar-refractivity contribution is 0.0695. The van der Waals surface area contributed by atoms with Gasteiger partial charge in [0, 0.05) is 43.7 Å². The first-order valence-corrected chi connectivity index (χ1v) is 12.4. The van der Waals surface area contributed by atoms with Crippen LogP contribution in [0.2, 0.25) is 0 Å². The second kappa shape index (κ2) is 12.8. The molecular formula is C28H41NO6. The van der Waals surface area contributed by atoms with Gasteiger partial charge >= 0.3 is 5.97 Å². The fraction of sp³-hybridized carbons (Fsp3) is 0.571. The molecule has 0 aliphatic rings. The summed E-state index contributed by atoms with van der Waals surface area (Å²) < 4.78 is 16.8. The molecule has 2 N–H and O–H groups in total. The van der Waals surface area contributed by atoms with Crippen LogP contribution in [0, 0.1) is 11.3 Å². The number of aromatic nitrogens is 1. The van der Waals surface area contributed by atoms with Gasteiger partial charge in [0.2, 0.25) is 0 Å². The van der Waals surface area contributed by atoms with Gasteiger partial charge in [0.05, 0.1) is 13.7 Å².